The quantitative estimate of drug-likeness (QED) is 0.464. The zero-order valence-corrected chi connectivity index (χ0v) is 15.2. The fourth-order valence-electron chi connectivity index (χ4n) is 1.88. The molecule has 0 radical (unpaired) electrons. The van der Waals surface area contributed by atoms with Crippen molar-refractivity contribution in [3.63, 3.8) is 0 Å². The Hall–Kier alpha value is -0.0200. The van der Waals surface area contributed by atoms with Gasteiger partial charge in [-0.2, -0.15) is 0 Å². The van der Waals surface area contributed by atoms with Crippen LogP contribution in [0.2, 0.25) is 10.0 Å². The van der Waals surface area contributed by atoms with E-state index in [4.69, 9.17) is 23.2 Å². The molecule has 100 valence electrons. The molecule has 2 rings (SSSR count). The van der Waals surface area contributed by atoms with Crippen LogP contribution in [-0.4, -0.2) is 0 Å². The highest BCUT2D eigenvalue weighted by Gasteiger charge is 2.18. The average Bonchev–Trinajstić information content (AvgIpc) is 2.36. The van der Waals surface area contributed by atoms with Crippen molar-refractivity contribution < 1.29 is 0 Å². The second-order valence-electron chi connectivity index (χ2n) is 4.46. The molecule has 19 heavy (non-hydrogen) atoms. The number of halogens is 4. The van der Waals surface area contributed by atoms with Crippen LogP contribution in [0.3, 0.4) is 0 Å². The van der Waals surface area contributed by atoms with Crippen LogP contribution in [0.5, 0.6) is 0 Å². The molecule has 0 spiro atoms. The standard InChI is InChI=1S/C15H12Br2Cl2/c1-8-6-11(13(18)7-9(8)2)14(17)10-4-3-5-12(16)15(10)19/h3-7,14H,1-2H3. The maximum absolute atomic E-state index is 6.35. The van der Waals surface area contributed by atoms with Crippen molar-refractivity contribution in [1.82, 2.24) is 0 Å². The molecule has 0 saturated carbocycles. The molecule has 2 aromatic rings. The predicted molar refractivity (Wildman–Crippen MR) is 90.8 cm³/mol. The van der Waals surface area contributed by atoms with E-state index in [1.165, 1.54) is 11.1 Å². The van der Waals surface area contributed by atoms with Crippen molar-refractivity contribution in [2.24, 2.45) is 0 Å². The first-order chi connectivity index (χ1) is 8.91. The van der Waals surface area contributed by atoms with Crippen LogP contribution in [0.25, 0.3) is 0 Å². The van der Waals surface area contributed by atoms with E-state index in [1.807, 2.05) is 24.3 Å². The molecule has 0 aromatic heterocycles. The lowest BCUT2D eigenvalue weighted by molar-refractivity contribution is 1.15. The molecule has 1 atom stereocenters. The lowest BCUT2D eigenvalue weighted by atomic mass is 10.00. The minimum absolute atomic E-state index is 0.0238. The fourth-order valence-corrected chi connectivity index (χ4v) is 3.85. The molecule has 0 heterocycles. The Kier molecular flexibility index (Phi) is 4.99. The van der Waals surface area contributed by atoms with Gasteiger partial charge >= 0.3 is 0 Å². The molecule has 0 aliphatic rings. The summed E-state index contributed by atoms with van der Waals surface area (Å²) in [7, 11) is 0. The lowest BCUT2D eigenvalue weighted by Gasteiger charge is -2.16. The molecule has 0 saturated heterocycles. The van der Waals surface area contributed by atoms with Gasteiger partial charge < -0.3 is 0 Å². The zero-order chi connectivity index (χ0) is 14.2. The van der Waals surface area contributed by atoms with Crippen LogP contribution in [0.4, 0.5) is 0 Å². The summed E-state index contributed by atoms with van der Waals surface area (Å²) in [5.41, 5.74) is 4.44. The lowest BCUT2D eigenvalue weighted by Crippen LogP contribution is -1.97. The number of hydrogen-bond acceptors (Lipinski definition) is 0. The van der Waals surface area contributed by atoms with Crippen LogP contribution < -0.4 is 0 Å². The van der Waals surface area contributed by atoms with E-state index in [9.17, 15) is 0 Å². The highest BCUT2D eigenvalue weighted by atomic mass is 79.9. The number of benzene rings is 2. The van der Waals surface area contributed by atoms with Gasteiger partial charge in [-0.05, 0) is 64.2 Å². The third-order valence-electron chi connectivity index (χ3n) is 3.14. The average molecular weight is 423 g/mol. The fraction of sp³-hybridized carbons (Fsp3) is 0.200. The molecule has 0 fully saturated rings. The van der Waals surface area contributed by atoms with Crippen LogP contribution in [0.1, 0.15) is 27.1 Å². The van der Waals surface area contributed by atoms with Gasteiger partial charge in [-0.25, -0.2) is 0 Å². The van der Waals surface area contributed by atoms with E-state index in [1.54, 1.807) is 0 Å². The number of alkyl halides is 1. The highest BCUT2D eigenvalue weighted by Crippen LogP contribution is 2.41. The molecular weight excluding hydrogens is 411 g/mol. The predicted octanol–water partition coefficient (Wildman–Crippen LogP) is 6.86. The third kappa shape index (κ3) is 3.18. The Bertz CT molecular complexity index is 624. The van der Waals surface area contributed by atoms with E-state index in [2.05, 4.69) is 51.8 Å². The summed E-state index contributed by atoms with van der Waals surface area (Å²) in [6, 6.07) is 9.99. The van der Waals surface area contributed by atoms with E-state index < -0.39 is 0 Å². The summed E-state index contributed by atoms with van der Waals surface area (Å²) in [6.45, 7) is 4.14. The Balaban J connectivity index is 2.53. The maximum Gasteiger partial charge on any atom is 0.0674 e. The molecule has 1 unspecified atom stereocenters. The van der Waals surface area contributed by atoms with E-state index >= 15 is 0 Å². The summed E-state index contributed by atoms with van der Waals surface area (Å²) < 4.78 is 0.885. The minimum Gasteiger partial charge on any atom is -0.0840 e. The Labute approximate surface area is 140 Å². The molecule has 0 aliphatic heterocycles. The largest absolute Gasteiger partial charge is 0.0840 e. The SMILES string of the molecule is Cc1cc(Cl)c(C(Br)c2cccc(Br)c2Cl)cc1C. The molecule has 0 bridgehead atoms. The number of aryl methyl sites for hydroxylation is 2. The maximum atomic E-state index is 6.35. The molecule has 0 aliphatic carbocycles. The van der Waals surface area contributed by atoms with Gasteiger partial charge in [0.15, 0.2) is 0 Å². The second kappa shape index (κ2) is 6.17. The Morgan fingerprint density at radius 1 is 1.00 bits per heavy atom. The first-order valence-corrected chi connectivity index (χ1v) is 8.23. The normalized spacial score (nSPS) is 12.5. The van der Waals surface area contributed by atoms with Gasteiger partial charge in [0, 0.05) is 9.50 Å². The van der Waals surface area contributed by atoms with Crippen molar-refractivity contribution in [2.45, 2.75) is 18.7 Å². The summed E-state index contributed by atoms with van der Waals surface area (Å²) >= 11 is 19.8. The molecule has 0 N–H and O–H groups in total. The van der Waals surface area contributed by atoms with Gasteiger partial charge in [0.25, 0.3) is 0 Å². The van der Waals surface area contributed by atoms with E-state index in [0.29, 0.717) is 5.02 Å². The van der Waals surface area contributed by atoms with Crippen molar-refractivity contribution >= 4 is 55.1 Å². The first kappa shape index (κ1) is 15.4. The zero-order valence-electron chi connectivity index (χ0n) is 10.5. The molecule has 0 amide bonds. The van der Waals surface area contributed by atoms with Gasteiger partial charge in [0.05, 0.1) is 9.85 Å². The summed E-state index contributed by atoms with van der Waals surface area (Å²) in [5, 5.41) is 1.46. The van der Waals surface area contributed by atoms with Crippen molar-refractivity contribution in [1.29, 1.82) is 0 Å². The van der Waals surface area contributed by atoms with Crippen LogP contribution in [0.15, 0.2) is 34.8 Å². The van der Waals surface area contributed by atoms with Crippen molar-refractivity contribution in [3.05, 3.63) is 67.1 Å². The summed E-state index contributed by atoms with van der Waals surface area (Å²) in [6.07, 6.45) is 0. The second-order valence-corrected chi connectivity index (χ2v) is 7.02. The number of rotatable bonds is 2. The molecule has 0 nitrogen and oxygen atoms in total. The first-order valence-electron chi connectivity index (χ1n) is 5.76. The third-order valence-corrected chi connectivity index (χ3v) is 5.77. The molecule has 2 aromatic carbocycles. The topological polar surface area (TPSA) is 0 Å². The number of hydrogen-bond donors (Lipinski definition) is 0. The van der Waals surface area contributed by atoms with E-state index in [0.717, 1.165) is 20.6 Å². The van der Waals surface area contributed by atoms with Crippen LogP contribution >= 0.6 is 55.1 Å². The monoisotopic (exact) mass is 420 g/mol. The minimum atomic E-state index is -0.0238. The van der Waals surface area contributed by atoms with Crippen LogP contribution in [0, 0.1) is 13.8 Å². The Morgan fingerprint density at radius 3 is 2.32 bits per heavy atom. The smallest absolute Gasteiger partial charge is 0.0674 e. The van der Waals surface area contributed by atoms with Crippen molar-refractivity contribution in [3.8, 4) is 0 Å². The van der Waals surface area contributed by atoms with Gasteiger partial charge in [-0.15, -0.1) is 0 Å². The van der Waals surface area contributed by atoms with Gasteiger partial charge in [-0.3, -0.25) is 0 Å². The summed E-state index contributed by atoms with van der Waals surface area (Å²) in [4.78, 5) is -0.0238. The van der Waals surface area contributed by atoms with Gasteiger partial charge in [-0.1, -0.05) is 57.3 Å². The van der Waals surface area contributed by atoms with Gasteiger partial charge in [0.2, 0.25) is 0 Å². The molecular formula is C15H12Br2Cl2. The van der Waals surface area contributed by atoms with Crippen LogP contribution in [-0.2, 0) is 0 Å². The highest BCUT2D eigenvalue weighted by molar-refractivity contribution is 9.10. The Morgan fingerprint density at radius 2 is 1.63 bits per heavy atom. The van der Waals surface area contributed by atoms with E-state index in [-0.39, 0.29) is 4.83 Å². The van der Waals surface area contributed by atoms with Crippen molar-refractivity contribution in [2.75, 3.05) is 0 Å². The summed E-state index contributed by atoms with van der Waals surface area (Å²) in [5.74, 6) is 0. The molecule has 4 heteroatoms. The van der Waals surface area contributed by atoms with Gasteiger partial charge in [0.1, 0.15) is 0 Å².